The van der Waals surface area contributed by atoms with Crippen LogP contribution in [0.4, 0.5) is 5.69 Å². The highest BCUT2D eigenvalue weighted by Crippen LogP contribution is 2.21. The number of carbonyl (C=O) groups is 1. The first-order valence-electron chi connectivity index (χ1n) is 6.21. The van der Waals surface area contributed by atoms with E-state index in [4.69, 9.17) is 10.9 Å². The summed E-state index contributed by atoms with van der Waals surface area (Å²) in [6, 6.07) is 14.6. The van der Waals surface area contributed by atoms with Gasteiger partial charge in [-0.1, -0.05) is 51.4 Å². The van der Waals surface area contributed by atoms with E-state index in [0.29, 0.717) is 11.3 Å². The minimum Gasteiger partial charge on any atom is -0.409 e. The molecule has 0 bridgehead atoms. The molecule has 4 N–H and O–H groups in total. The van der Waals surface area contributed by atoms with Gasteiger partial charge >= 0.3 is 0 Å². The smallest absolute Gasteiger partial charge is 0.228 e. The third kappa shape index (κ3) is 4.06. The Morgan fingerprint density at radius 3 is 2.62 bits per heavy atom. The van der Waals surface area contributed by atoms with Gasteiger partial charge in [0.1, 0.15) is 0 Å². The van der Waals surface area contributed by atoms with Crippen molar-refractivity contribution in [1.29, 1.82) is 0 Å². The van der Waals surface area contributed by atoms with Gasteiger partial charge in [0, 0.05) is 10.0 Å². The molecule has 2 rings (SSSR count). The van der Waals surface area contributed by atoms with Crippen LogP contribution < -0.4 is 11.1 Å². The second-order valence-electron chi connectivity index (χ2n) is 4.39. The van der Waals surface area contributed by atoms with Crippen LogP contribution in [0.15, 0.2) is 58.2 Å². The molecular weight excluding hydrogens is 334 g/mol. The molecule has 108 valence electrons. The molecule has 0 saturated carbocycles. The van der Waals surface area contributed by atoms with E-state index in [1.165, 1.54) is 0 Å². The molecule has 0 atom stereocenters. The van der Waals surface area contributed by atoms with Crippen molar-refractivity contribution < 1.29 is 10.0 Å². The number of nitrogens with zero attached hydrogens (tertiary/aromatic N) is 1. The Hall–Kier alpha value is -2.34. The minimum atomic E-state index is -0.171. The Kier molecular flexibility index (Phi) is 4.94. The number of benzene rings is 2. The lowest BCUT2D eigenvalue weighted by Crippen LogP contribution is -2.20. The van der Waals surface area contributed by atoms with Gasteiger partial charge in [-0.3, -0.25) is 4.79 Å². The van der Waals surface area contributed by atoms with E-state index in [1.54, 1.807) is 18.2 Å². The molecule has 0 aliphatic heterocycles. The van der Waals surface area contributed by atoms with Gasteiger partial charge in [-0.2, -0.15) is 0 Å². The maximum absolute atomic E-state index is 12.1. The van der Waals surface area contributed by atoms with Crippen molar-refractivity contribution in [3.8, 4) is 0 Å². The molecule has 1 amide bonds. The molecule has 0 fully saturated rings. The molecule has 2 aromatic rings. The van der Waals surface area contributed by atoms with Gasteiger partial charge in [0.25, 0.3) is 0 Å². The van der Waals surface area contributed by atoms with Crippen LogP contribution in [0.25, 0.3) is 0 Å². The SMILES string of the molecule is N/C(=N/O)c1cc(Br)ccc1NC(=O)Cc1ccccc1. The van der Waals surface area contributed by atoms with Crippen LogP contribution in [-0.4, -0.2) is 17.0 Å². The summed E-state index contributed by atoms with van der Waals surface area (Å²) < 4.78 is 0.769. The number of rotatable bonds is 4. The molecule has 0 aliphatic rings. The molecular formula is C15H14BrN3O2. The lowest BCUT2D eigenvalue weighted by molar-refractivity contribution is -0.115. The first-order valence-corrected chi connectivity index (χ1v) is 7.00. The van der Waals surface area contributed by atoms with E-state index >= 15 is 0 Å². The van der Waals surface area contributed by atoms with Gasteiger partial charge in [-0.15, -0.1) is 0 Å². The molecule has 21 heavy (non-hydrogen) atoms. The van der Waals surface area contributed by atoms with Gasteiger partial charge in [0.05, 0.1) is 12.1 Å². The molecule has 6 heteroatoms. The number of carbonyl (C=O) groups excluding carboxylic acids is 1. The first-order chi connectivity index (χ1) is 10.1. The molecule has 2 aromatic carbocycles. The number of nitrogens with two attached hydrogens (primary N) is 1. The van der Waals surface area contributed by atoms with Gasteiger partial charge in [0.2, 0.25) is 5.91 Å². The lowest BCUT2D eigenvalue weighted by atomic mass is 10.1. The average molecular weight is 348 g/mol. The van der Waals surface area contributed by atoms with E-state index in [2.05, 4.69) is 26.4 Å². The highest BCUT2D eigenvalue weighted by molar-refractivity contribution is 9.10. The third-order valence-electron chi connectivity index (χ3n) is 2.85. The first kappa shape index (κ1) is 15.1. The molecule has 0 heterocycles. The topological polar surface area (TPSA) is 87.7 Å². The quantitative estimate of drug-likeness (QED) is 0.344. The number of amides is 1. The summed E-state index contributed by atoms with van der Waals surface area (Å²) in [6.07, 6.45) is 0.256. The molecule has 0 radical (unpaired) electrons. The van der Waals surface area contributed by atoms with Crippen molar-refractivity contribution in [3.05, 3.63) is 64.1 Å². The van der Waals surface area contributed by atoms with Gasteiger partial charge in [-0.05, 0) is 23.8 Å². The summed E-state index contributed by atoms with van der Waals surface area (Å²) in [5, 5.41) is 14.6. The van der Waals surface area contributed by atoms with Crippen molar-refractivity contribution in [2.24, 2.45) is 10.9 Å². The van der Waals surface area contributed by atoms with Gasteiger partial charge in [-0.25, -0.2) is 0 Å². The Morgan fingerprint density at radius 2 is 1.95 bits per heavy atom. The number of amidine groups is 1. The Morgan fingerprint density at radius 1 is 1.24 bits per heavy atom. The highest BCUT2D eigenvalue weighted by Gasteiger charge is 2.11. The fourth-order valence-electron chi connectivity index (χ4n) is 1.87. The maximum Gasteiger partial charge on any atom is 0.228 e. The van der Waals surface area contributed by atoms with Crippen LogP contribution >= 0.6 is 15.9 Å². The zero-order valence-corrected chi connectivity index (χ0v) is 12.7. The predicted octanol–water partition coefficient (Wildman–Crippen LogP) is 2.72. The maximum atomic E-state index is 12.1. The second-order valence-corrected chi connectivity index (χ2v) is 5.30. The Bertz CT molecular complexity index is 672. The van der Waals surface area contributed by atoms with E-state index in [1.807, 2.05) is 30.3 Å². The van der Waals surface area contributed by atoms with Crippen LogP contribution in [0.3, 0.4) is 0 Å². The zero-order valence-electron chi connectivity index (χ0n) is 11.1. The number of nitrogens with one attached hydrogen (secondary N) is 1. The lowest BCUT2D eigenvalue weighted by Gasteiger charge is -2.10. The van der Waals surface area contributed by atoms with Crippen LogP contribution in [0.2, 0.25) is 0 Å². The number of anilines is 1. The van der Waals surface area contributed by atoms with Crippen LogP contribution in [0, 0.1) is 0 Å². The summed E-state index contributed by atoms with van der Waals surface area (Å²) in [4.78, 5) is 12.1. The standard InChI is InChI=1S/C15H14BrN3O2/c16-11-6-7-13(12(9-11)15(17)19-21)18-14(20)8-10-4-2-1-3-5-10/h1-7,9,21H,8H2,(H2,17,19)(H,18,20). The summed E-state index contributed by atoms with van der Waals surface area (Å²) in [7, 11) is 0. The molecule has 0 unspecified atom stereocenters. The second kappa shape index (κ2) is 6.90. The summed E-state index contributed by atoms with van der Waals surface area (Å²) in [5.74, 6) is -0.234. The highest BCUT2D eigenvalue weighted by atomic mass is 79.9. The summed E-state index contributed by atoms with van der Waals surface area (Å²) in [6.45, 7) is 0. The van der Waals surface area contributed by atoms with Crippen LogP contribution in [0.5, 0.6) is 0 Å². The fraction of sp³-hybridized carbons (Fsp3) is 0.0667. The van der Waals surface area contributed by atoms with E-state index in [9.17, 15) is 4.79 Å². The van der Waals surface area contributed by atoms with Crippen molar-refractivity contribution in [2.45, 2.75) is 6.42 Å². The van der Waals surface area contributed by atoms with Crippen molar-refractivity contribution in [2.75, 3.05) is 5.32 Å². The largest absolute Gasteiger partial charge is 0.409 e. The molecule has 0 aliphatic carbocycles. The minimum absolute atomic E-state index is 0.0636. The summed E-state index contributed by atoms with van der Waals surface area (Å²) >= 11 is 3.31. The molecule has 0 spiro atoms. The number of hydrogen-bond acceptors (Lipinski definition) is 3. The predicted molar refractivity (Wildman–Crippen MR) is 85.4 cm³/mol. The van der Waals surface area contributed by atoms with Crippen LogP contribution in [0.1, 0.15) is 11.1 Å². The average Bonchev–Trinajstić information content (AvgIpc) is 2.49. The molecule has 0 saturated heterocycles. The summed E-state index contributed by atoms with van der Waals surface area (Å²) in [5.41, 5.74) is 7.48. The zero-order chi connectivity index (χ0) is 15.2. The molecule has 0 aromatic heterocycles. The molecule has 5 nitrogen and oxygen atoms in total. The number of oxime groups is 1. The van der Waals surface area contributed by atoms with E-state index in [0.717, 1.165) is 10.0 Å². The monoisotopic (exact) mass is 347 g/mol. The number of hydrogen-bond donors (Lipinski definition) is 3. The normalized spacial score (nSPS) is 11.2. The fourth-order valence-corrected chi connectivity index (χ4v) is 2.23. The van der Waals surface area contributed by atoms with Gasteiger partial charge in [0.15, 0.2) is 5.84 Å². The van der Waals surface area contributed by atoms with Crippen LogP contribution in [-0.2, 0) is 11.2 Å². The van der Waals surface area contributed by atoms with Crippen molar-refractivity contribution in [1.82, 2.24) is 0 Å². The Labute approximate surface area is 130 Å². The van der Waals surface area contributed by atoms with Crippen molar-refractivity contribution >= 4 is 33.4 Å². The number of halogens is 1. The van der Waals surface area contributed by atoms with E-state index < -0.39 is 0 Å². The third-order valence-corrected chi connectivity index (χ3v) is 3.34. The van der Waals surface area contributed by atoms with Crippen molar-refractivity contribution in [3.63, 3.8) is 0 Å². The van der Waals surface area contributed by atoms with Gasteiger partial charge < -0.3 is 16.3 Å². The van der Waals surface area contributed by atoms with E-state index in [-0.39, 0.29) is 18.2 Å². The Balaban J connectivity index is 2.18.